The Morgan fingerprint density at radius 3 is 2.55 bits per heavy atom. The molecule has 4 aliphatic rings. The molecule has 11 atom stereocenters. The number of aliphatic hydroxyl groups excluding tert-OH is 3. The Morgan fingerprint density at radius 1 is 1.14 bits per heavy atom. The van der Waals surface area contributed by atoms with Gasteiger partial charge in [0.1, 0.15) is 0 Å². The summed E-state index contributed by atoms with van der Waals surface area (Å²) in [6.45, 7) is 5.89. The standard InChI is InChI=1S/C24H40O5/c1-13(4-7-21(28)29)16-5-6-17-22-18(12-20(27)24(16,17)3)23(2)9-8-15(25)10-14(23)11-19(22)26/h13-20,22,25-27H,4-12H2,1-3H3,(H,28,29)/t13-,14+,15-,16-,17+,18+,19-,20+,22+,23+,24-/m1/s1/i9D2,10D2. The van der Waals surface area contributed by atoms with Gasteiger partial charge in [0, 0.05) is 11.9 Å². The summed E-state index contributed by atoms with van der Waals surface area (Å²) in [5.74, 6) is -2.14. The lowest BCUT2D eigenvalue weighted by Crippen LogP contribution is -2.62. The molecule has 29 heavy (non-hydrogen) atoms. The Balaban J connectivity index is 1.71. The summed E-state index contributed by atoms with van der Waals surface area (Å²) in [5.41, 5.74) is -1.61. The third kappa shape index (κ3) is 3.27. The van der Waals surface area contributed by atoms with Crippen molar-refractivity contribution in [2.75, 3.05) is 0 Å². The fourth-order valence-electron chi connectivity index (χ4n) is 7.93. The summed E-state index contributed by atoms with van der Waals surface area (Å²) in [5, 5.41) is 42.5. The summed E-state index contributed by atoms with van der Waals surface area (Å²) in [6, 6.07) is 0. The molecule has 0 unspecified atom stereocenters. The maximum Gasteiger partial charge on any atom is 0.303 e. The summed E-state index contributed by atoms with van der Waals surface area (Å²) in [4.78, 5) is 11.1. The highest BCUT2D eigenvalue weighted by Crippen LogP contribution is 2.68. The van der Waals surface area contributed by atoms with Crippen LogP contribution in [0.3, 0.4) is 0 Å². The molecule has 4 rings (SSSR count). The molecule has 0 amide bonds. The number of aliphatic hydroxyl groups is 3. The molecule has 0 spiro atoms. The van der Waals surface area contributed by atoms with Gasteiger partial charge in [0.2, 0.25) is 0 Å². The van der Waals surface area contributed by atoms with E-state index in [0.29, 0.717) is 6.42 Å². The Morgan fingerprint density at radius 2 is 1.86 bits per heavy atom. The molecule has 0 aromatic rings. The minimum atomic E-state index is -2.01. The molecule has 0 aliphatic heterocycles. The number of fused-ring (bicyclic) bond motifs is 5. The fourth-order valence-corrected chi connectivity index (χ4v) is 7.93. The number of carbonyl (C=O) groups is 1. The smallest absolute Gasteiger partial charge is 0.303 e. The minimum Gasteiger partial charge on any atom is -0.481 e. The second kappa shape index (κ2) is 7.49. The Hall–Kier alpha value is -0.650. The third-order valence-electron chi connectivity index (χ3n) is 9.50. The highest BCUT2D eigenvalue weighted by Gasteiger charge is 2.65. The lowest BCUT2D eigenvalue weighted by Gasteiger charge is -2.63. The van der Waals surface area contributed by atoms with Crippen molar-refractivity contribution in [1.82, 2.24) is 0 Å². The van der Waals surface area contributed by atoms with E-state index in [2.05, 4.69) is 6.92 Å². The highest BCUT2D eigenvalue weighted by molar-refractivity contribution is 5.66. The maximum absolute atomic E-state index is 11.6. The molecule has 0 aromatic carbocycles. The van der Waals surface area contributed by atoms with Crippen molar-refractivity contribution in [2.45, 2.75) is 96.8 Å². The van der Waals surface area contributed by atoms with Crippen LogP contribution in [0.4, 0.5) is 0 Å². The summed E-state index contributed by atoms with van der Waals surface area (Å²) in [7, 11) is 0. The molecule has 4 N–H and O–H groups in total. The molecule has 0 saturated heterocycles. The van der Waals surface area contributed by atoms with Gasteiger partial charge in [0.05, 0.1) is 18.3 Å². The molecule has 0 aromatic heterocycles. The van der Waals surface area contributed by atoms with Crippen molar-refractivity contribution < 1.29 is 30.7 Å². The molecule has 0 bridgehead atoms. The van der Waals surface area contributed by atoms with Gasteiger partial charge in [-0.3, -0.25) is 4.79 Å². The van der Waals surface area contributed by atoms with Crippen LogP contribution in [0.25, 0.3) is 0 Å². The minimum absolute atomic E-state index is 0.0372. The van der Waals surface area contributed by atoms with Gasteiger partial charge in [-0.25, -0.2) is 0 Å². The number of rotatable bonds is 4. The summed E-state index contributed by atoms with van der Waals surface area (Å²) < 4.78 is 34.9. The largest absolute Gasteiger partial charge is 0.481 e. The Bertz CT molecular complexity index is 793. The van der Waals surface area contributed by atoms with Gasteiger partial charge in [-0.2, -0.15) is 0 Å². The second-order valence-electron chi connectivity index (χ2n) is 10.7. The normalized spacial score (nSPS) is 58.4. The van der Waals surface area contributed by atoms with E-state index in [0.717, 1.165) is 12.8 Å². The first-order valence-electron chi connectivity index (χ1n) is 13.4. The lowest BCUT2D eigenvalue weighted by molar-refractivity contribution is -0.207. The second-order valence-corrected chi connectivity index (χ2v) is 10.7. The van der Waals surface area contributed by atoms with Crippen molar-refractivity contribution in [3.63, 3.8) is 0 Å². The highest BCUT2D eigenvalue weighted by atomic mass is 16.4. The van der Waals surface area contributed by atoms with Crippen molar-refractivity contribution in [3.8, 4) is 0 Å². The van der Waals surface area contributed by atoms with Crippen LogP contribution < -0.4 is 0 Å². The van der Waals surface area contributed by atoms with Crippen molar-refractivity contribution in [1.29, 1.82) is 0 Å². The van der Waals surface area contributed by atoms with E-state index in [1.807, 2.05) is 6.92 Å². The van der Waals surface area contributed by atoms with Crippen LogP contribution in [0, 0.1) is 46.3 Å². The van der Waals surface area contributed by atoms with E-state index in [9.17, 15) is 20.1 Å². The Labute approximate surface area is 180 Å². The van der Waals surface area contributed by atoms with Gasteiger partial charge in [0.25, 0.3) is 0 Å². The average Bonchev–Trinajstić information content (AvgIpc) is 3.06. The predicted molar refractivity (Wildman–Crippen MR) is 110 cm³/mol. The summed E-state index contributed by atoms with van der Waals surface area (Å²) >= 11 is 0. The topological polar surface area (TPSA) is 98.0 Å². The third-order valence-corrected chi connectivity index (χ3v) is 9.50. The van der Waals surface area contributed by atoms with Gasteiger partial charge >= 0.3 is 5.97 Å². The number of hydrogen-bond acceptors (Lipinski definition) is 4. The Kier molecular flexibility index (Phi) is 4.38. The van der Waals surface area contributed by atoms with Crippen molar-refractivity contribution in [2.24, 2.45) is 46.3 Å². The van der Waals surface area contributed by atoms with Gasteiger partial charge in [0.15, 0.2) is 0 Å². The van der Waals surface area contributed by atoms with E-state index < -0.39 is 59.7 Å². The molecule has 166 valence electrons. The quantitative estimate of drug-likeness (QED) is 0.567. The SMILES string of the molecule is [2H]C1([2H])[C@H](O)CC([2H])([2H])[C@@]2(C)[C@@H]1C[C@@H](O)[C@H]1[C@@H]3CC[C@H]([C@H](C)CCC(=O)O)[C@@]3(C)[C@@H](O)C[C@@H]12. The molecule has 5 nitrogen and oxygen atoms in total. The molecule has 4 fully saturated rings. The zero-order valence-corrected chi connectivity index (χ0v) is 17.8. The number of carboxylic acids is 1. The van der Waals surface area contributed by atoms with Crippen LogP contribution in [0.15, 0.2) is 0 Å². The number of aliphatic carboxylic acids is 1. The van der Waals surface area contributed by atoms with Crippen LogP contribution in [-0.2, 0) is 4.79 Å². The van der Waals surface area contributed by atoms with Crippen LogP contribution in [0.2, 0.25) is 0 Å². The molecule has 0 radical (unpaired) electrons. The first-order valence-corrected chi connectivity index (χ1v) is 11.4. The van der Waals surface area contributed by atoms with Crippen molar-refractivity contribution >= 4 is 5.97 Å². The fraction of sp³-hybridized carbons (Fsp3) is 0.958. The van der Waals surface area contributed by atoms with E-state index in [1.165, 1.54) is 0 Å². The maximum atomic E-state index is 11.6. The van der Waals surface area contributed by atoms with Gasteiger partial charge < -0.3 is 20.4 Å². The number of carboxylic acid groups (broad SMARTS) is 1. The van der Waals surface area contributed by atoms with Crippen LogP contribution in [0.5, 0.6) is 0 Å². The van der Waals surface area contributed by atoms with Crippen LogP contribution in [-0.4, -0.2) is 44.7 Å². The van der Waals surface area contributed by atoms with E-state index in [-0.39, 0.29) is 49.4 Å². The average molecular weight is 413 g/mol. The molecule has 5 heteroatoms. The number of hydrogen-bond donors (Lipinski definition) is 4. The van der Waals surface area contributed by atoms with Gasteiger partial charge in [-0.05, 0) is 97.6 Å². The van der Waals surface area contributed by atoms with Crippen LogP contribution in [0.1, 0.15) is 83.9 Å². The lowest BCUT2D eigenvalue weighted by atomic mass is 9.43. The summed E-state index contributed by atoms with van der Waals surface area (Å²) in [6.07, 6.45) is -4.50. The van der Waals surface area contributed by atoms with E-state index >= 15 is 0 Å². The predicted octanol–water partition coefficient (Wildman–Crippen LogP) is 3.45. The van der Waals surface area contributed by atoms with Crippen LogP contribution >= 0.6 is 0 Å². The van der Waals surface area contributed by atoms with Crippen molar-refractivity contribution in [3.05, 3.63) is 0 Å². The zero-order valence-electron chi connectivity index (χ0n) is 21.8. The zero-order chi connectivity index (χ0) is 24.7. The first-order chi connectivity index (χ1) is 15.1. The molecular formula is C24H40O5. The van der Waals surface area contributed by atoms with Gasteiger partial charge in [-0.15, -0.1) is 0 Å². The monoisotopic (exact) mass is 412 g/mol. The van der Waals surface area contributed by atoms with Gasteiger partial charge in [-0.1, -0.05) is 20.8 Å². The molecule has 4 saturated carbocycles. The molecular weight excluding hydrogens is 368 g/mol. The first kappa shape index (κ1) is 17.0. The van der Waals surface area contributed by atoms with E-state index in [1.54, 1.807) is 6.92 Å². The molecule has 4 aliphatic carbocycles. The molecule has 0 heterocycles. The van der Waals surface area contributed by atoms with E-state index in [4.69, 9.17) is 10.6 Å².